The molecule has 8 heteroatoms. The van der Waals surface area contributed by atoms with Gasteiger partial charge in [-0.3, -0.25) is 9.69 Å². The van der Waals surface area contributed by atoms with Crippen LogP contribution < -0.4 is 5.32 Å². The van der Waals surface area contributed by atoms with E-state index in [1.54, 1.807) is 6.07 Å². The molecule has 2 saturated heterocycles. The normalized spacial score (nSPS) is 21.2. The summed E-state index contributed by atoms with van der Waals surface area (Å²) in [6.45, 7) is 4.09. The molecule has 1 N–H and O–H groups in total. The van der Waals surface area contributed by atoms with Crippen LogP contribution in [0.5, 0.6) is 0 Å². The second kappa shape index (κ2) is 9.47. The standard InChI is InChI=1S/C21H25Cl2N3O3/c22-17-4-3-14(10-18(17)23)12-26-7-5-15(6-8-26)19-11-20(29-25-19)21(27)24-16-2-1-9-28-13-16/h3-4,10-11,15-16H,1-2,5-9,12-13H2,(H,24,27). The van der Waals surface area contributed by atoms with Crippen molar-refractivity contribution in [1.82, 2.24) is 15.4 Å². The molecule has 2 aliphatic heterocycles. The number of benzene rings is 1. The van der Waals surface area contributed by atoms with E-state index in [4.69, 9.17) is 32.5 Å². The highest BCUT2D eigenvalue weighted by atomic mass is 35.5. The third-order valence-electron chi connectivity index (χ3n) is 5.64. The van der Waals surface area contributed by atoms with Crippen LogP contribution in [0, 0.1) is 0 Å². The molecule has 3 heterocycles. The fourth-order valence-electron chi connectivity index (χ4n) is 3.98. The summed E-state index contributed by atoms with van der Waals surface area (Å²) in [5.41, 5.74) is 2.02. The molecule has 1 atom stereocenters. The molecule has 2 fully saturated rings. The van der Waals surface area contributed by atoms with E-state index in [1.165, 1.54) is 0 Å². The number of hydrogen-bond acceptors (Lipinski definition) is 5. The Morgan fingerprint density at radius 2 is 2.00 bits per heavy atom. The molecule has 1 amide bonds. The minimum Gasteiger partial charge on any atom is -0.379 e. The highest BCUT2D eigenvalue weighted by molar-refractivity contribution is 6.42. The van der Waals surface area contributed by atoms with Crippen LogP contribution in [-0.4, -0.2) is 48.3 Å². The molecule has 1 aromatic heterocycles. The summed E-state index contributed by atoms with van der Waals surface area (Å²) >= 11 is 12.1. The van der Waals surface area contributed by atoms with Gasteiger partial charge < -0.3 is 14.6 Å². The number of aromatic nitrogens is 1. The lowest BCUT2D eigenvalue weighted by molar-refractivity contribution is 0.0608. The SMILES string of the molecule is O=C(NC1CCCOC1)c1cc(C2CCN(Cc3ccc(Cl)c(Cl)c3)CC2)no1. The van der Waals surface area contributed by atoms with Crippen LogP contribution in [0.2, 0.25) is 10.0 Å². The van der Waals surface area contributed by atoms with Gasteiger partial charge in [-0.1, -0.05) is 34.4 Å². The Kier molecular flexibility index (Phi) is 6.75. The summed E-state index contributed by atoms with van der Waals surface area (Å²) in [5.74, 6) is 0.378. The van der Waals surface area contributed by atoms with E-state index in [-0.39, 0.29) is 17.7 Å². The molecule has 0 aliphatic carbocycles. The number of likely N-dealkylation sites (tertiary alicyclic amines) is 1. The number of amides is 1. The van der Waals surface area contributed by atoms with Crippen molar-refractivity contribution in [2.45, 2.75) is 44.2 Å². The first-order valence-corrected chi connectivity index (χ1v) is 10.9. The Balaban J connectivity index is 1.28. The fraction of sp³-hybridized carbons (Fsp3) is 0.524. The van der Waals surface area contributed by atoms with Gasteiger partial charge in [-0.2, -0.15) is 0 Å². The third-order valence-corrected chi connectivity index (χ3v) is 6.38. The molecule has 4 rings (SSSR count). The van der Waals surface area contributed by atoms with E-state index in [0.717, 1.165) is 63.2 Å². The van der Waals surface area contributed by atoms with Gasteiger partial charge in [0.1, 0.15) is 0 Å². The number of rotatable bonds is 5. The van der Waals surface area contributed by atoms with Gasteiger partial charge >= 0.3 is 0 Å². The van der Waals surface area contributed by atoms with Crippen molar-refractivity contribution in [2.24, 2.45) is 0 Å². The van der Waals surface area contributed by atoms with Crippen molar-refractivity contribution in [1.29, 1.82) is 0 Å². The summed E-state index contributed by atoms with van der Waals surface area (Å²) in [6, 6.07) is 7.62. The van der Waals surface area contributed by atoms with E-state index in [9.17, 15) is 4.79 Å². The molecule has 6 nitrogen and oxygen atoms in total. The number of hydrogen-bond donors (Lipinski definition) is 1. The average molecular weight is 438 g/mol. The number of carbonyl (C=O) groups excluding carboxylic acids is 1. The Hall–Kier alpha value is -1.60. The van der Waals surface area contributed by atoms with Gasteiger partial charge in [0.2, 0.25) is 5.76 Å². The van der Waals surface area contributed by atoms with E-state index in [1.807, 2.05) is 18.2 Å². The predicted octanol–water partition coefficient (Wildman–Crippen LogP) is 4.27. The van der Waals surface area contributed by atoms with E-state index >= 15 is 0 Å². The van der Waals surface area contributed by atoms with Crippen LogP contribution in [0.25, 0.3) is 0 Å². The lowest BCUT2D eigenvalue weighted by Crippen LogP contribution is -2.40. The Morgan fingerprint density at radius 3 is 2.72 bits per heavy atom. The fourth-order valence-corrected chi connectivity index (χ4v) is 4.30. The molecule has 0 radical (unpaired) electrons. The minimum atomic E-state index is -0.212. The van der Waals surface area contributed by atoms with Gasteiger partial charge in [-0.25, -0.2) is 0 Å². The Bertz CT molecular complexity index is 843. The van der Waals surface area contributed by atoms with Crippen molar-refractivity contribution in [2.75, 3.05) is 26.3 Å². The summed E-state index contributed by atoms with van der Waals surface area (Å²) in [6.07, 6.45) is 3.86. The largest absolute Gasteiger partial charge is 0.379 e. The lowest BCUT2D eigenvalue weighted by Gasteiger charge is -2.31. The maximum absolute atomic E-state index is 12.4. The molecule has 2 aliphatic rings. The summed E-state index contributed by atoms with van der Waals surface area (Å²) < 4.78 is 10.7. The molecule has 1 unspecified atom stereocenters. The summed E-state index contributed by atoms with van der Waals surface area (Å²) in [7, 11) is 0. The first kappa shape index (κ1) is 20.7. The molecule has 2 aromatic rings. The zero-order valence-electron chi connectivity index (χ0n) is 16.2. The number of ether oxygens (including phenoxy) is 1. The van der Waals surface area contributed by atoms with Crippen LogP contribution in [0.4, 0.5) is 0 Å². The topological polar surface area (TPSA) is 67.6 Å². The number of nitrogens with one attached hydrogen (secondary N) is 1. The van der Waals surface area contributed by atoms with Gasteiger partial charge in [0.25, 0.3) is 5.91 Å². The van der Waals surface area contributed by atoms with Gasteiger partial charge in [-0.05, 0) is 56.5 Å². The molecule has 1 aromatic carbocycles. The van der Waals surface area contributed by atoms with Gasteiger partial charge in [-0.15, -0.1) is 0 Å². The Labute approximate surface area is 180 Å². The zero-order valence-corrected chi connectivity index (χ0v) is 17.7. The Morgan fingerprint density at radius 1 is 1.17 bits per heavy atom. The van der Waals surface area contributed by atoms with Crippen LogP contribution in [0.15, 0.2) is 28.8 Å². The molecular weight excluding hydrogens is 413 g/mol. The summed E-state index contributed by atoms with van der Waals surface area (Å²) in [4.78, 5) is 14.8. The number of piperidine rings is 1. The number of carbonyl (C=O) groups is 1. The van der Waals surface area contributed by atoms with E-state index < -0.39 is 0 Å². The van der Waals surface area contributed by atoms with Crippen molar-refractivity contribution in [3.05, 3.63) is 51.3 Å². The second-order valence-electron chi connectivity index (χ2n) is 7.80. The van der Waals surface area contributed by atoms with Gasteiger partial charge in [0, 0.05) is 25.1 Å². The van der Waals surface area contributed by atoms with Crippen LogP contribution >= 0.6 is 23.2 Å². The smallest absolute Gasteiger partial charge is 0.290 e. The third kappa shape index (κ3) is 5.31. The number of halogens is 2. The highest BCUT2D eigenvalue weighted by Gasteiger charge is 2.26. The number of nitrogens with zero attached hydrogens (tertiary/aromatic N) is 2. The molecular formula is C21H25Cl2N3O3. The van der Waals surface area contributed by atoms with Crippen molar-refractivity contribution in [3.63, 3.8) is 0 Å². The first-order valence-electron chi connectivity index (χ1n) is 10.1. The van der Waals surface area contributed by atoms with E-state index in [0.29, 0.717) is 22.6 Å². The maximum atomic E-state index is 12.4. The lowest BCUT2D eigenvalue weighted by atomic mass is 9.93. The average Bonchev–Trinajstić information content (AvgIpc) is 3.23. The van der Waals surface area contributed by atoms with Gasteiger partial charge in [0.05, 0.1) is 28.4 Å². The predicted molar refractivity (Wildman–Crippen MR) is 112 cm³/mol. The first-order chi connectivity index (χ1) is 14.1. The zero-order chi connectivity index (χ0) is 20.2. The highest BCUT2D eigenvalue weighted by Crippen LogP contribution is 2.29. The minimum absolute atomic E-state index is 0.0504. The van der Waals surface area contributed by atoms with Crippen molar-refractivity contribution in [3.8, 4) is 0 Å². The van der Waals surface area contributed by atoms with Crippen LogP contribution in [-0.2, 0) is 11.3 Å². The molecule has 29 heavy (non-hydrogen) atoms. The summed E-state index contributed by atoms with van der Waals surface area (Å²) in [5, 5.41) is 8.30. The van der Waals surface area contributed by atoms with Crippen molar-refractivity contribution < 1.29 is 14.1 Å². The second-order valence-corrected chi connectivity index (χ2v) is 8.62. The van der Waals surface area contributed by atoms with Crippen molar-refractivity contribution >= 4 is 29.1 Å². The molecule has 0 saturated carbocycles. The van der Waals surface area contributed by atoms with Gasteiger partial charge in [0.15, 0.2) is 0 Å². The van der Waals surface area contributed by atoms with E-state index in [2.05, 4.69) is 15.4 Å². The molecule has 0 bridgehead atoms. The van der Waals surface area contributed by atoms with Crippen LogP contribution in [0.1, 0.15) is 53.4 Å². The molecule has 156 valence electrons. The monoisotopic (exact) mass is 437 g/mol. The maximum Gasteiger partial charge on any atom is 0.290 e. The quantitative estimate of drug-likeness (QED) is 0.755. The molecule has 0 spiro atoms. The van der Waals surface area contributed by atoms with Crippen LogP contribution in [0.3, 0.4) is 0 Å².